The van der Waals surface area contributed by atoms with Crippen LogP contribution in [0, 0.1) is 10.1 Å². The Labute approximate surface area is 267 Å². The molecule has 46 heavy (non-hydrogen) atoms. The minimum atomic E-state index is -0.518. The van der Waals surface area contributed by atoms with Crippen LogP contribution in [0.3, 0.4) is 0 Å². The van der Waals surface area contributed by atoms with Gasteiger partial charge in [0.15, 0.2) is 11.8 Å². The zero-order valence-electron chi connectivity index (χ0n) is 26.6. The number of ether oxygens (including phenoxy) is 3. The third-order valence-electron chi connectivity index (χ3n) is 8.32. The fourth-order valence-corrected chi connectivity index (χ4v) is 5.94. The molecule has 0 radical (unpaired) electrons. The normalized spacial score (nSPS) is 19.3. The van der Waals surface area contributed by atoms with Crippen molar-refractivity contribution in [3.05, 3.63) is 58.3 Å². The molecule has 4 aromatic heterocycles. The van der Waals surface area contributed by atoms with Crippen LogP contribution in [0.2, 0.25) is 0 Å². The van der Waals surface area contributed by atoms with Crippen molar-refractivity contribution in [3.63, 3.8) is 0 Å². The second-order valence-electron chi connectivity index (χ2n) is 12.1. The molecule has 2 aliphatic rings. The van der Waals surface area contributed by atoms with Crippen LogP contribution in [0.4, 0.5) is 17.7 Å². The molecule has 1 saturated carbocycles. The van der Waals surface area contributed by atoms with Gasteiger partial charge in [0.1, 0.15) is 23.9 Å². The molecule has 0 aromatic carbocycles. The third kappa shape index (κ3) is 7.26. The first-order valence-corrected chi connectivity index (χ1v) is 15.6. The van der Waals surface area contributed by atoms with E-state index < -0.39 is 11.0 Å². The van der Waals surface area contributed by atoms with Crippen molar-refractivity contribution in [2.24, 2.45) is 7.05 Å². The van der Waals surface area contributed by atoms with E-state index in [0.717, 1.165) is 67.6 Å². The number of rotatable bonds is 11. The summed E-state index contributed by atoms with van der Waals surface area (Å²) in [6.07, 6.45) is 9.85. The van der Waals surface area contributed by atoms with E-state index in [1.54, 1.807) is 13.2 Å². The topological polar surface area (TPSA) is 159 Å². The van der Waals surface area contributed by atoms with Crippen LogP contribution in [0.5, 0.6) is 11.6 Å². The summed E-state index contributed by atoms with van der Waals surface area (Å²) in [5.74, 6) is 2.21. The van der Waals surface area contributed by atoms with E-state index in [4.69, 9.17) is 24.2 Å². The van der Waals surface area contributed by atoms with Gasteiger partial charge in [-0.05, 0) is 57.7 Å². The van der Waals surface area contributed by atoms with Crippen molar-refractivity contribution in [3.8, 4) is 11.6 Å². The van der Waals surface area contributed by atoms with E-state index in [1.165, 1.54) is 10.8 Å². The van der Waals surface area contributed by atoms with Crippen LogP contribution >= 0.6 is 0 Å². The van der Waals surface area contributed by atoms with Gasteiger partial charge in [-0.1, -0.05) is 4.98 Å². The first-order chi connectivity index (χ1) is 22.2. The summed E-state index contributed by atoms with van der Waals surface area (Å²) in [4.78, 5) is 37.6. The largest absolute Gasteiger partial charge is 0.481 e. The molecular weight excluding hydrogens is 592 g/mol. The molecule has 1 N–H and O–H groups in total. The number of hydrogen-bond acceptors (Lipinski definition) is 13. The molecule has 1 unspecified atom stereocenters. The molecule has 2 fully saturated rings. The van der Waals surface area contributed by atoms with Crippen molar-refractivity contribution >= 4 is 28.6 Å². The molecule has 6 rings (SSSR count). The summed E-state index contributed by atoms with van der Waals surface area (Å²) >= 11 is 0. The Bertz CT molecular complexity index is 1650. The molecule has 5 heterocycles. The summed E-state index contributed by atoms with van der Waals surface area (Å²) in [5, 5.41) is 15.5. The Morgan fingerprint density at radius 1 is 1.07 bits per heavy atom. The summed E-state index contributed by atoms with van der Waals surface area (Å²) in [7, 11) is 5.64. The maximum absolute atomic E-state index is 11.3. The molecule has 244 valence electrons. The van der Waals surface area contributed by atoms with Crippen LogP contribution in [0.15, 0.2) is 36.9 Å². The smallest absolute Gasteiger partial charge is 0.434 e. The number of anilines is 2. The number of hydrogen-bond donors (Lipinski definition) is 1. The second-order valence-corrected chi connectivity index (χ2v) is 12.1. The zero-order valence-corrected chi connectivity index (χ0v) is 26.6. The maximum atomic E-state index is 11.3. The number of nitrogens with zero attached hydrogens (tertiary/aromatic N) is 9. The second kappa shape index (κ2) is 13.8. The molecule has 15 heteroatoms. The van der Waals surface area contributed by atoms with Crippen LogP contribution in [-0.2, 0) is 18.3 Å². The zero-order chi connectivity index (χ0) is 32.2. The van der Waals surface area contributed by atoms with Crippen LogP contribution in [0.25, 0.3) is 10.9 Å². The number of nitrogens with one attached hydrogen (secondary N) is 1. The third-order valence-corrected chi connectivity index (χ3v) is 8.32. The average Bonchev–Trinajstić information content (AvgIpc) is 3.45. The minimum absolute atomic E-state index is 0.0180. The van der Waals surface area contributed by atoms with E-state index in [0.29, 0.717) is 36.5 Å². The van der Waals surface area contributed by atoms with Crippen LogP contribution < -0.4 is 19.7 Å². The van der Waals surface area contributed by atoms with Crippen LogP contribution in [-0.4, -0.2) is 91.9 Å². The Morgan fingerprint density at radius 3 is 2.48 bits per heavy atom. The van der Waals surface area contributed by atoms with Gasteiger partial charge in [0.2, 0.25) is 11.8 Å². The lowest BCUT2D eigenvalue weighted by molar-refractivity contribution is -0.396. The van der Waals surface area contributed by atoms with Gasteiger partial charge in [-0.2, -0.15) is 4.98 Å². The minimum Gasteiger partial charge on any atom is -0.481 e. The monoisotopic (exact) mass is 632 g/mol. The summed E-state index contributed by atoms with van der Waals surface area (Å²) in [5.41, 5.74) is 2.39. The van der Waals surface area contributed by atoms with Gasteiger partial charge in [0, 0.05) is 49.7 Å². The highest BCUT2D eigenvalue weighted by Crippen LogP contribution is 2.34. The molecule has 1 atom stereocenters. The molecule has 15 nitrogen and oxygen atoms in total. The lowest BCUT2D eigenvalue weighted by Crippen LogP contribution is -2.37. The van der Waals surface area contributed by atoms with E-state index in [9.17, 15) is 10.1 Å². The molecule has 0 bridgehead atoms. The molecule has 4 aromatic rings. The molecule has 0 amide bonds. The predicted molar refractivity (Wildman–Crippen MR) is 171 cm³/mol. The number of imidazole rings is 1. The Balaban J connectivity index is 1.18. The molecule has 1 saturated heterocycles. The van der Waals surface area contributed by atoms with E-state index in [-0.39, 0.29) is 18.1 Å². The Kier molecular flexibility index (Phi) is 9.40. The Hall–Kier alpha value is -4.63. The quantitative estimate of drug-likeness (QED) is 0.188. The van der Waals surface area contributed by atoms with Gasteiger partial charge < -0.3 is 39.4 Å². The SMILES string of the molecule is CC(Oc1cnc2cc(N3CCOCC3)nc(OC3CCC(Nc4ncc(CN(C)C)cn4)CC3)c2c1)c1cnc([N+](=O)[O-])n1C. The highest BCUT2D eigenvalue weighted by molar-refractivity contribution is 5.87. The van der Waals surface area contributed by atoms with Gasteiger partial charge in [0.25, 0.3) is 0 Å². The first-order valence-electron chi connectivity index (χ1n) is 15.6. The summed E-state index contributed by atoms with van der Waals surface area (Å²) in [6.45, 7) is 5.37. The molecule has 1 aliphatic carbocycles. The lowest BCUT2D eigenvalue weighted by atomic mass is 9.93. The van der Waals surface area contributed by atoms with Crippen molar-refractivity contribution in [1.82, 2.24) is 34.4 Å². The summed E-state index contributed by atoms with van der Waals surface area (Å²) in [6, 6.07) is 4.10. The summed E-state index contributed by atoms with van der Waals surface area (Å²) < 4.78 is 19.8. The van der Waals surface area contributed by atoms with E-state index >= 15 is 0 Å². The van der Waals surface area contributed by atoms with Crippen molar-refractivity contribution < 1.29 is 19.1 Å². The number of nitro groups is 1. The highest BCUT2D eigenvalue weighted by Gasteiger charge is 2.26. The van der Waals surface area contributed by atoms with Crippen molar-refractivity contribution in [1.29, 1.82) is 0 Å². The molecule has 1 aliphatic heterocycles. The fourth-order valence-electron chi connectivity index (χ4n) is 5.94. The van der Waals surface area contributed by atoms with Crippen LogP contribution in [0.1, 0.15) is 50.0 Å². The van der Waals surface area contributed by atoms with Gasteiger partial charge in [-0.3, -0.25) is 4.98 Å². The first kappa shape index (κ1) is 31.4. The van der Waals surface area contributed by atoms with Crippen molar-refractivity contribution in [2.45, 2.75) is 57.4 Å². The lowest BCUT2D eigenvalue weighted by Gasteiger charge is -2.31. The predicted octanol–water partition coefficient (Wildman–Crippen LogP) is 3.90. The number of aromatic nitrogens is 6. The molecular formula is C31H40N10O5. The van der Waals surface area contributed by atoms with E-state index in [2.05, 4.69) is 30.1 Å². The van der Waals surface area contributed by atoms with Gasteiger partial charge in [0.05, 0.1) is 37.4 Å². The van der Waals surface area contributed by atoms with Gasteiger partial charge in [-0.25, -0.2) is 14.5 Å². The van der Waals surface area contributed by atoms with Crippen molar-refractivity contribution in [2.75, 3.05) is 50.6 Å². The number of fused-ring (bicyclic) bond motifs is 1. The average molecular weight is 633 g/mol. The maximum Gasteiger partial charge on any atom is 0.434 e. The number of morpholine rings is 1. The van der Waals surface area contributed by atoms with Gasteiger partial charge >= 0.3 is 5.95 Å². The van der Waals surface area contributed by atoms with Gasteiger partial charge in [-0.15, -0.1) is 0 Å². The number of pyridine rings is 2. The highest BCUT2D eigenvalue weighted by atomic mass is 16.6. The molecule has 0 spiro atoms. The fraction of sp³-hybridized carbons (Fsp3) is 0.516. The standard InChI is InChI=1S/C31H40N10O5/c1-20(27-18-35-31(39(27)4)41(42)43)45-24-13-25-26(32-17-24)14-28(40-9-11-44-12-10-40)37-29(25)46-23-7-5-22(6-8-23)36-30-33-15-21(16-34-30)19-38(2)3/h13-18,20,22-23H,5-12,19H2,1-4H3,(H,33,34,36). The van der Waals surface area contributed by atoms with E-state index in [1.807, 2.05) is 45.5 Å². The Morgan fingerprint density at radius 2 is 1.80 bits per heavy atom.